The number of hydrogen-bond donors (Lipinski definition) is 1. The molecule has 0 aliphatic carbocycles. The molecule has 0 aliphatic rings. The Bertz CT molecular complexity index is 521. The van der Waals surface area contributed by atoms with Crippen LogP contribution in [0.25, 0.3) is 0 Å². The molecule has 0 aromatic heterocycles. The first-order chi connectivity index (χ1) is 7.23. The van der Waals surface area contributed by atoms with E-state index in [4.69, 9.17) is 5.14 Å². The number of nitrogens with zero attached hydrogens (tertiary/aromatic N) is 1. The van der Waals surface area contributed by atoms with E-state index in [2.05, 4.69) is 0 Å². The van der Waals surface area contributed by atoms with Crippen LogP contribution in [0.2, 0.25) is 0 Å². The summed E-state index contributed by atoms with van der Waals surface area (Å²) in [4.78, 5) is 13.1. The number of rotatable bonds is 2. The van der Waals surface area contributed by atoms with Crippen molar-refractivity contribution in [3.05, 3.63) is 29.3 Å². The van der Waals surface area contributed by atoms with Gasteiger partial charge < -0.3 is 4.90 Å². The van der Waals surface area contributed by atoms with E-state index in [1.54, 1.807) is 27.1 Å². The van der Waals surface area contributed by atoms with Crippen LogP contribution >= 0.6 is 0 Å². The van der Waals surface area contributed by atoms with Gasteiger partial charge in [-0.05, 0) is 24.6 Å². The zero-order valence-corrected chi connectivity index (χ0v) is 10.2. The Kier molecular flexibility index (Phi) is 3.35. The Morgan fingerprint density at radius 2 is 1.88 bits per heavy atom. The lowest BCUT2D eigenvalue weighted by Gasteiger charge is -2.13. The molecule has 0 spiro atoms. The summed E-state index contributed by atoms with van der Waals surface area (Å²) in [6, 6.07) is 4.25. The molecule has 88 valence electrons. The third-order valence-electron chi connectivity index (χ3n) is 2.17. The maximum atomic E-state index is 11.7. The molecule has 0 atom stereocenters. The molecule has 1 aromatic carbocycles. The summed E-state index contributed by atoms with van der Waals surface area (Å²) in [5.41, 5.74) is 1.06. The Labute approximate surface area is 94.9 Å². The average Bonchev–Trinajstić information content (AvgIpc) is 2.15. The van der Waals surface area contributed by atoms with Gasteiger partial charge in [0, 0.05) is 19.7 Å². The van der Waals surface area contributed by atoms with E-state index in [0.29, 0.717) is 11.1 Å². The quantitative estimate of drug-likeness (QED) is 0.812. The third-order valence-corrected chi connectivity index (χ3v) is 3.09. The zero-order valence-electron chi connectivity index (χ0n) is 9.39. The Morgan fingerprint density at radius 3 is 2.31 bits per heavy atom. The number of amides is 1. The highest BCUT2D eigenvalue weighted by Gasteiger charge is 2.15. The molecule has 1 rings (SSSR count). The van der Waals surface area contributed by atoms with Gasteiger partial charge in [0.2, 0.25) is 10.0 Å². The summed E-state index contributed by atoms with van der Waals surface area (Å²) in [7, 11) is -0.567. The van der Waals surface area contributed by atoms with Crippen LogP contribution in [0.15, 0.2) is 23.1 Å². The van der Waals surface area contributed by atoms with Crippen molar-refractivity contribution in [3.8, 4) is 0 Å². The van der Waals surface area contributed by atoms with Gasteiger partial charge in [0.05, 0.1) is 4.90 Å². The molecular weight excluding hydrogens is 228 g/mol. The van der Waals surface area contributed by atoms with Crippen LogP contribution in [0.3, 0.4) is 0 Å². The van der Waals surface area contributed by atoms with E-state index in [1.165, 1.54) is 17.0 Å². The lowest BCUT2D eigenvalue weighted by molar-refractivity contribution is 0.0826. The lowest BCUT2D eigenvalue weighted by Crippen LogP contribution is -2.23. The molecule has 2 N–H and O–H groups in total. The second kappa shape index (κ2) is 4.23. The van der Waals surface area contributed by atoms with Gasteiger partial charge >= 0.3 is 0 Å². The second-order valence-corrected chi connectivity index (χ2v) is 5.28. The molecule has 0 heterocycles. The van der Waals surface area contributed by atoms with Gasteiger partial charge in [-0.3, -0.25) is 4.79 Å². The summed E-state index contributed by atoms with van der Waals surface area (Å²) >= 11 is 0. The van der Waals surface area contributed by atoms with Crippen LogP contribution in [0, 0.1) is 6.92 Å². The number of carbonyl (C=O) groups is 1. The van der Waals surface area contributed by atoms with Crippen molar-refractivity contribution in [1.29, 1.82) is 0 Å². The fourth-order valence-electron chi connectivity index (χ4n) is 1.25. The van der Waals surface area contributed by atoms with Gasteiger partial charge in [-0.15, -0.1) is 0 Å². The fourth-order valence-corrected chi connectivity index (χ4v) is 1.79. The van der Waals surface area contributed by atoms with Crippen LogP contribution in [0.4, 0.5) is 0 Å². The molecular formula is C10H14N2O3S. The highest BCUT2D eigenvalue weighted by atomic mass is 32.2. The third kappa shape index (κ3) is 2.59. The van der Waals surface area contributed by atoms with Crippen molar-refractivity contribution in [3.63, 3.8) is 0 Å². The first-order valence-corrected chi connectivity index (χ1v) is 6.13. The number of nitrogens with two attached hydrogens (primary N) is 1. The van der Waals surface area contributed by atoms with E-state index in [1.807, 2.05) is 0 Å². The van der Waals surface area contributed by atoms with Crippen molar-refractivity contribution in [2.24, 2.45) is 5.14 Å². The van der Waals surface area contributed by atoms with E-state index in [-0.39, 0.29) is 10.8 Å². The summed E-state index contributed by atoms with van der Waals surface area (Å²) in [5.74, 6) is -0.247. The first-order valence-electron chi connectivity index (χ1n) is 4.58. The number of carbonyl (C=O) groups excluding carboxylic acids is 1. The van der Waals surface area contributed by atoms with Crippen LogP contribution in [0.5, 0.6) is 0 Å². The number of sulfonamides is 1. The molecule has 0 aliphatic heterocycles. The average molecular weight is 242 g/mol. The van der Waals surface area contributed by atoms with E-state index in [9.17, 15) is 13.2 Å². The normalized spacial score (nSPS) is 11.2. The molecule has 0 radical (unpaired) electrons. The van der Waals surface area contributed by atoms with Gasteiger partial charge in [-0.2, -0.15) is 0 Å². The lowest BCUT2D eigenvalue weighted by atomic mass is 10.1. The summed E-state index contributed by atoms with van der Waals surface area (Å²) in [5, 5.41) is 5.00. The predicted molar refractivity (Wildman–Crippen MR) is 60.6 cm³/mol. The van der Waals surface area contributed by atoms with Crippen molar-refractivity contribution >= 4 is 15.9 Å². The SMILES string of the molecule is Cc1ccc(S(N)(=O)=O)cc1C(=O)N(C)C. The highest BCUT2D eigenvalue weighted by Crippen LogP contribution is 2.15. The topological polar surface area (TPSA) is 80.5 Å². The Hall–Kier alpha value is -1.40. The van der Waals surface area contributed by atoms with Gasteiger partial charge in [0.25, 0.3) is 5.91 Å². The zero-order chi connectivity index (χ0) is 12.5. The van der Waals surface area contributed by atoms with Gasteiger partial charge in [-0.25, -0.2) is 13.6 Å². The van der Waals surface area contributed by atoms with Crippen LogP contribution in [-0.2, 0) is 10.0 Å². The molecule has 6 heteroatoms. The second-order valence-electron chi connectivity index (χ2n) is 3.72. The van der Waals surface area contributed by atoms with Crippen molar-refractivity contribution in [1.82, 2.24) is 4.90 Å². The molecule has 16 heavy (non-hydrogen) atoms. The molecule has 1 aromatic rings. The van der Waals surface area contributed by atoms with E-state index < -0.39 is 10.0 Å². The monoisotopic (exact) mass is 242 g/mol. The Balaban J connectivity index is 3.36. The van der Waals surface area contributed by atoms with Crippen LogP contribution < -0.4 is 5.14 Å². The van der Waals surface area contributed by atoms with Crippen molar-refractivity contribution < 1.29 is 13.2 Å². The van der Waals surface area contributed by atoms with Gasteiger partial charge in [0.15, 0.2) is 0 Å². The summed E-state index contributed by atoms with van der Waals surface area (Å²) in [6.45, 7) is 1.74. The molecule has 0 unspecified atom stereocenters. The minimum atomic E-state index is -3.77. The van der Waals surface area contributed by atoms with E-state index >= 15 is 0 Å². The Morgan fingerprint density at radius 1 is 1.31 bits per heavy atom. The van der Waals surface area contributed by atoms with Crippen LogP contribution in [-0.4, -0.2) is 33.3 Å². The molecule has 1 amide bonds. The first kappa shape index (κ1) is 12.7. The smallest absolute Gasteiger partial charge is 0.253 e. The summed E-state index contributed by atoms with van der Waals surface area (Å²) < 4.78 is 22.3. The fraction of sp³-hybridized carbons (Fsp3) is 0.300. The van der Waals surface area contributed by atoms with E-state index in [0.717, 1.165) is 0 Å². The number of primary sulfonamides is 1. The maximum Gasteiger partial charge on any atom is 0.253 e. The maximum absolute atomic E-state index is 11.7. The van der Waals surface area contributed by atoms with Crippen LogP contribution in [0.1, 0.15) is 15.9 Å². The molecule has 0 bridgehead atoms. The minimum absolute atomic E-state index is 0.0525. The standard InChI is InChI=1S/C10H14N2O3S/c1-7-4-5-8(16(11,14)15)6-9(7)10(13)12(2)3/h4-6H,1-3H3,(H2,11,14,15). The molecule has 5 nitrogen and oxygen atoms in total. The van der Waals surface area contributed by atoms with Gasteiger partial charge in [-0.1, -0.05) is 6.07 Å². The molecule has 0 saturated carbocycles. The number of hydrogen-bond acceptors (Lipinski definition) is 3. The predicted octanol–water partition coefficient (Wildman–Crippen LogP) is 0.344. The van der Waals surface area contributed by atoms with Crippen molar-refractivity contribution in [2.45, 2.75) is 11.8 Å². The number of aryl methyl sites for hydroxylation is 1. The molecule has 0 fully saturated rings. The van der Waals surface area contributed by atoms with Gasteiger partial charge in [0.1, 0.15) is 0 Å². The molecule has 0 saturated heterocycles. The minimum Gasteiger partial charge on any atom is -0.345 e. The number of benzene rings is 1. The largest absolute Gasteiger partial charge is 0.345 e. The summed E-state index contributed by atoms with van der Waals surface area (Å²) in [6.07, 6.45) is 0. The highest BCUT2D eigenvalue weighted by molar-refractivity contribution is 7.89. The van der Waals surface area contributed by atoms with Crippen molar-refractivity contribution in [2.75, 3.05) is 14.1 Å².